The first kappa shape index (κ1) is 15.6. The molecule has 21 heavy (non-hydrogen) atoms. The van der Waals surface area contributed by atoms with Crippen molar-refractivity contribution in [2.75, 3.05) is 20.1 Å². The van der Waals surface area contributed by atoms with Gasteiger partial charge in [-0.1, -0.05) is 6.58 Å². The third kappa shape index (κ3) is 3.10. The number of carbonyl (C=O) groups excluding carboxylic acids is 1. The Morgan fingerprint density at radius 1 is 1.43 bits per heavy atom. The van der Waals surface area contributed by atoms with Crippen molar-refractivity contribution in [3.63, 3.8) is 0 Å². The summed E-state index contributed by atoms with van der Waals surface area (Å²) in [5.41, 5.74) is 4.59. The van der Waals surface area contributed by atoms with E-state index in [0.29, 0.717) is 5.70 Å². The maximum atomic E-state index is 12.4. The summed E-state index contributed by atoms with van der Waals surface area (Å²) < 4.78 is 0.00769. The van der Waals surface area contributed by atoms with Crippen LogP contribution in [0, 0.1) is 0 Å². The molecule has 0 aromatic carbocycles. The molecule has 1 fully saturated rings. The lowest BCUT2D eigenvalue weighted by Gasteiger charge is -2.36. The smallest absolute Gasteiger partial charge is 0.365 e. The second-order valence-corrected chi connectivity index (χ2v) is 6.00. The number of piperidine rings is 1. The summed E-state index contributed by atoms with van der Waals surface area (Å²) in [5, 5.41) is 9.57. The van der Waals surface area contributed by atoms with Crippen LogP contribution in [0.4, 0.5) is 0 Å². The first-order valence-corrected chi connectivity index (χ1v) is 7.37. The van der Waals surface area contributed by atoms with Crippen molar-refractivity contribution < 1.29 is 19.3 Å². The number of likely N-dealkylation sites (N-methyl/N-ethyl adjacent to an activating group) is 1. The van der Waals surface area contributed by atoms with Gasteiger partial charge in [-0.3, -0.25) is 4.79 Å². The Morgan fingerprint density at radius 3 is 2.52 bits per heavy atom. The van der Waals surface area contributed by atoms with Gasteiger partial charge in [0.25, 0.3) is 0 Å². The molecule has 1 saturated heterocycles. The van der Waals surface area contributed by atoms with Gasteiger partial charge in [-0.05, 0) is 19.3 Å². The van der Waals surface area contributed by atoms with E-state index in [1.807, 2.05) is 13.0 Å². The Balaban J connectivity index is 2.13. The highest BCUT2D eigenvalue weighted by atomic mass is 16.4. The summed E-state index contributed by atoms with van der Waals surface area (Å²) in [6.07, 6.45) is 4.97. The van der Waals surface area contributed by atoms with Gasteiger partial charge in [-0.25, -0.2) is 10.2 Å². The van der Waals surface area contributed by atoms with E-state index in [4.69, 9.17) is 0 Å². The number of carbonyl (C=O) groups is 2. The number of quaternary nitrogens is 1. The van der Waals surface area contributed by atoms with Crippen molar-refractivity contribution in [3.8, 4) is 0 Å². The molecule has 2 N–H and O–H groups in total. The lowest BCUT2D eigenvalue weighted by atomic mass is 10.1. The maximum absolute atomic E-state index is 12.4. The number of likely N-dealkylation sites (tertiary alicyclic amines) is 1. The number of rotatable bonds is 4. The van der Waals surface area contributed by atoms with Gasteiger partial charge in [0.1, 0.15) is 5.70 Å². The number of aliphatic carboxylic acids is 1. The normalized spacial score (nSPS) is 27.0. The minimum absolute atomic E-state index is 0.00269. The fourth-order valence-electron chi connectivity index (χ4n) is 3.06. The highest BCUT2D eigenvalue weighted by Crippen LogP contribution is 2.27. The maximum Gasteiger partial charge on any atom is 0.365 e. The zero-order chi connectivity index (χ0) is 15.6. The molecule has 0 bridgehead atoms. The average molecular weight is 294 g/mol. The molecule has 6 heteroatoms. The van der Waals surface area contributed by atoms with E-state index in [0.717, 1.165) is 38.0 Å². The predicted molar refractivity (Wildman–Crippen MR) is 78.7 cm³/mol. The summed E-state index contributed by atoms with van der Waals surface area (Å²) in [6, 6.07) is -0.852. The molecule has 6 nitrogen and oxygen atoms in total. The molecule has 0 aromatic rings. The topological polar surface area (TPSA) is 69.6 Å². The lowest BCUT2D eigenvalue weighted by Crippen LogP contribution is -2.60. The average Bonchev–Trinajstić information content (AvgIpc) is 2.70. The molecular weight excluding hydrogens is 270 g/mol. The van der Waals surface area contributed by atoms with Crippen molar-refractivity contribution in [3.05, 3.63) is 24.0 Å². The minimum atomic E-state index is -0.974. The Hall–Kier alpha value is -1.82. The highest BCUT2D eigenvalue weighted by Gasteiger charge is 2.46. The number of carboxylic acid groups (broad SMARTS) is 1. The number of hydrogen-bond donors (Lipinski definition) is 2. The molecule has 0 spiro atoms. The first-order chi connectivity index (χ1) is 9.84. The van der Waals surface area contributed by atoms with Crippen LogP contribution in [0.1, 0.15) is 32.6 Å². The van der Waals surface area contributed by atoms with Crippen LogP contribution in [0.5, 0.6) is 0 Å². The van der Waals surface area contributed by atoms with E-state index in [-0.39, 0.29) is 16.9 Å². The zero-order valence-electron chi connectivity index (χ0n) is 12.8. The molecule has 0 aliphatic carbocycles. The Kier molecular flexibility index (Phi) is 4.37. The van der Waals surface area contributed by atoms with E-state index in [9.17, 15) is 14.7 Å². The van der Waals surface area contributed by atoms with E-state index < -0.39 is 12.0 Å². The zero-order valence-corrected chi connectivity index (χ0v) is 12.8. The molecule has 2 rings (SSSR count). The Morgan fingerprint density at radius 2 is 2.05 bits per heavy atom. The minimum Gasteiger partial charge on any atom is -0.477 e. The van der Waals surface area contributed by atoms with Gasteiger partial charge >= 0.3 is 5.97 Å². The summed E-state index contributed by atoms with van der Waals surface area (Å²) >= 11 is 0. The molecular formula is C15H24N3O3+. The Labute approximate surface area is 125 Å². The molecule has 2 atom stereocenters. The molecule has 1 amide bonds. The van der Waals surface area contributed by atoms with E-state index in [1.165, 1.54) is 0 Å². The van der Waals surface area contributed by atoms with Crippen LogP contribution in [-0.4, -0.2) is 52.7 Å². The van der Waals surface area contributed by atoms with E-state index in [1.54, 1.807) is 11.9 Å². The van der Waals surface area contributed by atoms with Gasteiger partial charge < -0.3 is 10.0 Å². The van der Waals surface area contributed by atoms with Gasteiger partial charge in [0.05, 0.1) is 19.2 Å². The quantitative estimate of drug-likeness (QED) is 0.765. The fourth-order valence-corrected chi connectivity index (χ4v) is 3.06. The highest BCUT2D eigenvalue weighted by molar-refractivity contribution is 5.83. The largest absolute Gasteiger partial charge is 0.477 e. The van der Waals surface area contributed by atoms with Gasteiger partial charge in [0.15, 0.2) is 0 Å². The van der Waals surface area contributed by atoms with Crippen LogP contribution in [0.15, 0.2) is 24.0 Å². The number of carboxylic acids is 1. The fraction of sp³-hybridized carbons (Fsp3) is 0.600. The first-order valence-electron chi connectivity index (χ1n) is 7.37. The summed E-state index contributed by atoms with van der Waals surface area (Å²) in [7, 11) is 1.77. The van der Waals surface area contributed by atoms with Gasteiger partial charge in [0, 0.05) is 26.1 Å². The van der Waals surface area contributed by atoms with Crippen molar-refractivity contribution in [1.82, 2.24) is 10.3 Å². The Bertz CT molecular complexity index is 494. The van der Waals surface area contributed by atoms with Crippen molar-refractivity contribution >= 4 is 11.9 Å². The van der Waals surface area contributed by atoms with Crippen LogP contribution in [-0.2, 0) is 9.59 Å². The van der Waals surface area contributed by atoms with Crippen molar-refractivity contribution in [2.45, 2.75) is 38.6 Å². The standard InChI is InChI=1S/C15H23N3O3/c1-11-9-12(2)18(3,16-11)13(15(20)21)10-14(19)17-7-5-4-6-8-17/h9,13,16H,1,4-8,10H2,2-3H3/p+1/t13-,18?/m1/s1. The second-order valence-electron chi connectivity index (χ2n) is 6.00. The number of amides is 1. The molecule has 0 aromatic heterocycles. The van der Waals surface area contributed by atoms with Crippen LogP contribution in [0.25, 0.3) is 0 Å². The SMILES string of the molecule is C=C1C=C(C)[N+](C)([C@H](CC(=O)N2CCCCC2)C(=O)O)N1. The summed E-state index contributed by atoms with van der Waals surface area (Å²) in [6.45, 7) is 7.15. The monoisotopic (exact) mass is 294 g/mol. The van der Waals surface area contributed by atoms with Gasteiger partial charge in [-0.2, -0.15) is 4.59 Å². The number of nitrogens with one attached hydrogen (secondary N) is 1. The van der Waals surface area contributed by atoms with Gasteiger partial charge in [0.2, 0.25) is 11.9 Å². The van der Waals surface area contributed by atoms with Crippen LogP contribution in [0.2, 0.25) is 0 Å². The summed E-state index contributed by atoms with van der Waals surface area (Å²) in [4.78, 5) is 25.8. The molecule has 0 saturated carbocycles. The molecule has 116 valence electrons. The van der Waals surface area contributed by atoms with Crippen LogP contribution in [0.3, 0.4) is 0 Å². The van der Waals surface area contributed by atoms with Crippen molar-refractivity contribution in [1.29, 1.82) is 0 Å². The summed E-state index contributed by atoms with van der Waals surface area (Å²) in [5.74, 6) is -1.05. The lowest BCUT2D eigenvalue weighted by molar-refractivity contribution is -0.922. The molecule has 2 aliphatic rings. The van der Waals surface area contributed by atoms with E-state index in [2.05, 4.69) is 12.0 Å². The third-order valence-electron chi connectivity index (χ3n) is 4.48. The predicted octanol–water partition coefficient (Wildman–Crippen LogP) is 1.22. The second kappa shape index (κ2) is 5.89. The number of allylic oxidation sites excluding steroid dienone is 2. The molecule has 1 unspecified atom stereocenters. The number of hydrogen-bond acceptors (Lipinski definition) is 3. The number of nitrogens with zero attached hydrogens (tertiary/aromatic N) is 2. The third-order valence-corrected chi connectivity index (χ3v) is 4.48. The molecule has 0 radical (unpaired) electrons. The van der Waals surface area contributed by atoms with Crippen LogP contribution >= 0.6 is 0 Å². The molecule has 2 heterocycles. The van der Waals surface area contributed by atoms with Crippen LogP contribution < -0.4 is 5.43 Å². The van der Waals surface area contributed by atoms with Crippen molar-refractivity contribution in [2.24, 2.45) is 0 Å². The molecule has 2 aliphatic heterocycles. The van der Waals surface area contributed by atoms with E-state index >= 15 is 0 Å². The van der Waals surface area contributed by atoms with Gasteiger partial charge in [-0.15, -0.1) is 0 Å².